The monoisotopic (exact) mass is 211 g/mol. The van der Waals surface area contributed by atoms with Gasteiger partial charge in [0.25, 0.3) is 0 Å². The van der Waals surface area contributed by atoms with Crippen LogP contribution < -0.4 is 0 Å². The summed E-state index contributed by atoms with van der Waals surface area (Å²) in [5, 5.41) is 0. The maximum atomic E-state index is 11.3. The lowest BCUT2D eigenvalue weighted by molar-refractivity contribution is 0.494. The van der Waals surface area contributed by atoms with Crippen LogP contribution in [0.5, 0.6) is 0 Å². The number of likely N-dealkylation sites (N-methyl/N-ethyl adjacent to an activating group) is 1. The maximum Gasteiger partial charge on any atom is 0.215 e. The van der Waals surface area contributed by atoms with Gasteiger partial charge in [-0.1, -0.05) is 12.2 Å². The van der Waals surface area contributed by atoms with Crippen LogP contribution >= 0.6 is 11.6 Å². The highest BCUT2D eigenvalue weighted by atomic mass is 35.5. The van der Waals surface area contributed by atoms with Crippen LogP contribution in [0, 0.1) is 0 Å². The summed E-state index contributed by atoms with van der Waals surface area (Å²) in [5.41, 5.74) is 0.815. The number of nitrogens with zero attached hydrogens (tertiary/aromatic N) is 1. The van der Waals surface area contributed by atoms with Crippen molar-refractivity contribution in [3.63, 3.8) is 0 Å². The summed E-state index contributed by atoms with van der Waals surface area (Å²) in [7, 11) is -1.64. The van der Waals surface area contributed by atoms with Crippen molar-refractivity contribution in [1.29, 1.82) is 0 Å². The van der Waals surface area contributed by atoms with E-state index in [1.807, 2.05) is 0 Å². The van der Waals surface area contributed by atoms with E-state index in [1.54, 1.807) is 6.92 Å². The molecule has 3 nitrogen and oxygen atoms in total. The van der Waals surface area contributed by atoms with Gasteiger partial charge >= 0.3 is 0 Å². The van der Waals surface area contributed by atoms with Crippen LogP contribution in [-0.4, -0.2) is 37.9 Å². The Morgan fingerprint density at radius 3 is 2.42 bits per heavy atom. The molecule has 5 heteroatoms. The molecular formula is C7H14ClNO2S. The first-order chi connectivity index (χ1) is 5.40. The normalized spacial score (nSPS) is 12.0. The van der Waals surface area contributed by atoms with E-state index >= 15 is 0 Å². The number of hydrogen-bond donors (Lipinski definition) is 0. The minimum absolute atomic E-state index is 0.0155. The van der Waals surface area contributed by atoms with Gasteiger partial charge in [0, 0.05) is 19.5 Å². The lowest BCUT2D eigenvalue weighted by Crippen LogP contribution is -2.31. The molecule has 0 rings (SSSR count). The molecule has 0 aliphatic carbocycles. The fourth-order valence-corrected chi connectivity index (χ4v) is 2.24. The summed E-state index contributed by atoms with van der Waals surface area (Å²) in [6.45, 7) is 5.77. The van der Waals surface area contributed by atoms with Crippen molar-refractivity contribution in [2.75, 3.05) is 25.2 Å². The first-order valence-corrected chi connectivity index (χ1v) is 5.69. The molecule has 0 unspecified atom stereocenters. The molecule has 0 radical (unpaired) electrons. The van der Waals surface area contributed by atoms with Gasteiger partial charge in [0.15, 0.2) is 0 Å². The van der Waals surface area contributed by atoms with Gasteiger partial charge in [0.05, 0.1) is 5.75 Å². The van der Waals surface area contributed by atoms with Gasteiger partial charge < -0.3 is 0 Å². The zero-order valence-electron chi connectivity index (χ0n) is 7.38. The van der Waals surface area contributed by atoms with Gasteiger partial charge in [0.2, 0.25) is 10.0 Å². The van der Waals surface area contributed by atoms with Crippen LogP contribution in [0.1, 0.15) is 6.92 Å². The van der Waals surface area contributed by atoms with Crippen molar-refractivity contribution in [2.45, 2.75) is 6.92 Å². The molecule has 0 heterocycles. The van der Waals surface area contributed by atoms with Crippen LogP contribution in [0.25, 0.3) is 0 Å². The third-order valence-corrected chi connectivity index (χ3v) is 3.51. The second-order valence-corrected chi connectivity index (χ2v) is 5.29. The van der Waals surface area contributed by atoms with Gasteiger partial charge in [-0.05, 0) is 6.92 Å². The van der Waals surface area contributed by atoms with Gasteiger partial charge in [-0.2, -0.15) is 0 Å². The summed E-state index contributed by atoms with van der Waals surface area (Å²) in [5.74, 6) is 0.112. The summed E-state index contributed by atoms with van der Waals surface area (Å²) in [4.78, 5) is 0. The molecular weight excluding hydrogens is 198 g/mol. The maximum absolute atomic E-state index is 11.3. The second kappa shape index (κ2) is 4.84. The van der Waals surface area contributed by atoms with E-state index in [9.17, 15) is 8.42 Å². The first kappa shape index (κ1) is 11.9. The molecule has 0 fully saturated rings. The molecule has 0 aromatic rings. The van der Waals surface area contributed by atoms with E-state index in [-0.39, 0.29) is 11.6 Å². The molecule has 0 aromatic heterocycles. The van der Waals surface area contributed by atoms with E-state index < -0.39 is 10.0 Å². The summed E-state index contributed by atoms with van der Waals surface area (Å²) < 4.78 is 23.8. The van der Waals surface area contributed by atoms with E-state index in [0.29, 0.717) is 6.54 Å². The van der Waals surface area contributed by atoms with Gasteiger partial charge in [-0.15, -0.1) is 11.6 Å². The van der Waals surface area contributed by atoms with Crippen LogP contribution in [0.2, 0.25) is 0 Å². The number of hydrogen-bond acceptors (Lipinski definition) is 2. The Morgan fingerprint density at radius 2 is 2.08 bits per heavy atom. The van der Waals surface area contributed by atoms with Gasteiger partial charge in [-0.3, -0.25) is 0 Å². The fourth-order valence-electron chi connectivity index (χ4n) is 0.732. The van der Waals surface area contributed by atoms with Crippen molar-refractivity contribution in [3.05, 3.63) is 12.2 Å². The fraction of sp³-hybridized carbons (Fsp3) is 0.714. The molecule has 0 N–H and O–H groups in total. The molecule has 0 bridgehead atoms. The van der Waals surface area contributed by atoms with Crippen LogP contribution in [0.4, 0.5) is 0 Å². The summed E-state index contributed by atoms with van der Waals surface area (Å²) >= 11 is 5.34. The summed E-state index contributed by atoms with van der Waals surface area (Å²) in [6, 6.07) is 0. The summed E-state index contributed by atoms with van der Waals surface area (Å²) in [6.07, 6.45) is 0. The van der Waals surface area contributed by atoms with Crippen LogP contribution in [-0.2, 0) is 10.0 Å². The second-order valence-electron chi connectivity index (χ2n) is 2.72. The molecule has 72 valence electrons. The van der Waals surface area contributed by atoms with Gasteiger partial charge in [-0.25, -0.2) is 12.7 Å². The lowest BCUT2D eigenvalue weighted by atomic mass is 10.4. The van der Waals surface area contributed by atoms with E-state index in [2.05, 4.69) is 6.58 Å². The van der Waals surface area contributed by atoms with Gasteiger partial charge in [0.1, 0.15) is 0 Å². The van der Waals surface area contributed by atoms with Crippen molar-refractivity contribution >= 4 is 21.6 Å². The van der Waals surface area contributed by atoms with E-state index in [1.165, 1.54) is 11.4 Å². The molecule has 0 aliphatic heterocycles. The zero-order chi connectivity index (χ0) is 9.78. The lowest BCUT2D eigenvalue weighted by Gasteiger charge is -2.15. The molecule has 0 aliphatic rings. The molecule has 12 heavy (non-hydrogen) atoms. The van der Waals surface area contributed by atoms with E-state index in [0.717, 1.165) is 5.57 Å². The molecule has 0 amide bonds. The predicted molar refractivity (Wildman–Crippen MR) is 52.0 cm³/mol. The number of alkyl halides is 1. The average Bonchev–Trinajstić information content (AvgIpc) is 1.85. The predicted octanol–water partition coefficient (Wildman–Crippen LogP) is 1.06. The van der Waals surface area contributed by atoms with E-state index in [4.69, 9.17) is 11.6 Å². The number of halogens is 1. The molecule has 0 atom stereocenters. The van der Waals surface area contributed by atoms with Crippen molar-refractivity contribution in [1.82, 2.24) is 4.31 Å². The minimum atomic E-state index is -3.16. The first-order valence-electron chi connectivity index (χ1n) is 3.54. The Bertz CT molecular complexity index is 248. The standard InChI is InChI=1S/C7H14ClNO2S/c1-7(2)6-9(3)12(10,11)5-4-8/h1,4-6H2,2-3H3. The third kappa shape index (κ3) is 4.09. The molecule has 0 saturated heterocycles. The SMILES string of the molecule is C=C(C)CN(C)S(=O)(=O)CCCl. The van der Waals surface area contributed by atoms with Crippen molar-refractivity contribution in [3.8, 4) is 0 Å². The third-order valence-electron chi connectivity index (χ3n) is 1.30. The topological polar surface area (TPSA) is 37.4 Å². The Morgan fingerprint density at radius 1 is 1.58 bits per heavy atom. The highest BCUT2D eigenvalue weighted by Crippen LogP contribution is 2.01. The van der Waals surface area contributed by atoms with Crippen molar-refractivity contribution < 1.29 is 8.42 Å². The number of sulfonamides is 1. The average molecular weight is 212 g/mol. The Hall–Kier alpha value is -0.0600. The minimum Gasteiger partial charge on any atom is -0.212 e. The smallest absolute Gasteiger partial charge is 0.212 e. The Balaban J connectivity index is 4.26. The zero-order valence-corrected chi connectivity index (χ0v) is 8.95. The van der Waals surface area contributed by atoms with Crippen molar-refractivity contribution in [2.24, 2.45) is 0 Å². The Kier molecular flexibility index (Phi) is 4.82. The molecule has 0 aromatic carbocycles. The molecule has 0 spiro atoms. The largest absolute Gasteiger partial charge is 0.215 e. The molecule has 0 saturated carbocycles. The highest BCUT2D eigenvalue weighted by molar-refractivity contribution is 7.89. The quantitative estimate of drug-likeness (QED) is 0.504. The van der Waals surface area contributed by atoms with Crippen LogP contribution in [0.15, 0.2) is 12.2 Å². The van der Waals surface area contributed by atoms with Crippen LogP contribution in [0.3, 0.4) is 0 Å². The number of rotatable bonds is 5. The Labute approximate surface area is 79.1 Å². The highest BCUT2D eigenvalue weighted by Gasteiger charge is 2.15.